The number of para-hydroxylation sites is 4. The molecule has 0 unspecified atom stereocenters. The van der Waals surface area contributed by atoms with Gasteiger partial charge in [-0.15, -0.1) is 45.3 Å². The number of hydrogen-bond donors (Lipinski definition) is 1. The first-order chi connectivity index (χ1) is 65.8. The third kappa shape index (κ3) is 16.1. The molecule has 0 bridgehead atoms. The molecule has 1 N–H and O–H groups in total. The van der Waals surface area contributed by atoms with E-state index in [1.165, 1.54) is 248 Å². The Bertz CT molecular complexity index is 8390. The predicted molar refractivity (Wildman–Crippen MR) is 591 cm³/mol. The maximum atomic E-state index is 5.81. The highest BCUT2D eigenvalue weighted by atomic mass is 127. The van der Waals surface area contributed by atoms with Gasteiger partial charge in [0.2, 0.25) is 0 Å². The molecule has 2 saturated carbocycles. The van der Waals surface area contributed by atoms with E-state index < -0.39 is 0 Å². The van der Waals surface area contributed by atoms with Gasteiger partial charge in [-0.1, -0.05) is 313 Å². The van der Waals surface area contributed by atoms with Crippen molar-refractivity contribution in [1.29, 1.82) is 0 Å². The van der Waals surface area contributed by atoms with Gasteiger partial charge >= 0.3 is 0 Å². The topological polar surface area (TPSA) is 36.4 Å². The van der Waals surface area contributed by atoms with E-state index in [1.54, 1.807) is 5.30 Å². The SMILES string of the molecule is COc1cccc(C)c1-c1ccccc1P(C1CCCCC1)C1CCCCC1.Ic1cccc2c1sc1ccccc12.c1ccc(N(c2ccc(-c3ccc4[nH]c5ccccc5c4c3)cc2)c2cccc3c2sc2ccccc23)cc1.c1ccc(N(c2ccc(-c3ccc4c(c3)c3ccccc3n4-c3cccc4c3sc3ccccc34)cc2)c2cccc3c2sc2ccccc23)cc1. The van der Waals surface area contributed by atoms with Crippen molar-refractivity contribution in [3.63, 3.8) is 0 Å². The molecule has 0 radical (unpaired) electrons. The van der Waals surface area contributed by atoms with Crippen LogP contribution in [-0.2, 0) is 0 Å². The minimum atomic E-state index is -0.122. The zero-order valence-corrected chi connectivity index (χ0v) is 80.4. The summed E-state index contributed by atoms with van der Waals surface area (Å²) >= 11 is 9.90. The first-order valence-corrected chi connectivity index (χ1v) is 52.3. The quantitative estimate of drug-likeness (QED) is 0.0871. The molecule has 18 aromatic carbocycles. The van der Waals surface area contributed by atoms with Crippen LogP contribution in [0.4, 0.5) is 34.1 Å². The average molecular weight is 1920 g/mol. The summed E-state index contributed by atoms with van der Waals surface area (Å²) in [5, 5.41) is 17.3. The van der Waals surface area contributed by atoms with Gasteiger partial charge in [-0.05, 0) is 245 Å². The van der Waals surface area contributed by atoms with Crippen molar-refractivity contribution in [1.82, 2.24) is 9.55 Å². The Morgan fingerprint density at radius 2 is 0.714 bits per heavy atom. The summed E-state index contributed by atoms with van der Waals surface area (Å²) in [6.45, 7) is 2.23. The van der Waals surface area contributed by atoms with Gasteiger partial charge in [-0.3, -0.25) is 0 Å². The van der Waals surface area contributed by atoms with E-state index in [4.69, 9.17) is 4.74 Å². The van der Waals surface area contributed by atoms with Gasteiger partial charge in [0.25, 0.3) is 0 Å². The number of H-pyrrole nitrogens is 1. The first-order valence-electron chi connectivity index (χ1n) is 46.5. The molecule has 646 valence electrons. The third-order valence-electron chi connectivity index (χ3n) is 27.2. The number of nitrogens with one attached hydrogen (secondary N) is 1. The van der Waals surface area contributed by atoms with Crippen molar-refractivity contribution in [3.8, 4) is 44.8 Å². The van der Waals surface area contributed by atoms with Crippen LogP contribution in [0.3, 0.4) is 0 Å². The summed E-state index contributed by atoms with van der Waals surface area (Å²) < 4.78 is 20.3. The molecule has 26 rings (SSSR count). The van der Waals surface area contributed by atoms with Crippen molar-refractivity contribution in [3.05, 3.63) is 416 Å². The van der Waals surface area contributed by atoms with Gasteiger partial charge in [-0.2, -0.15) is 0 Å². The minimum Gasteiger partial charge on any atom is -0.496 e. The van der Waals surface area contributed by atoms with Gasteiger partial charge in [0, 0.05) is 131 Å². The summed E-state index contributed by atoms with van der Waals surface area (Å²) in [4.78, 5) is 8.31. The highest BCUT2D eigenvalue weighted by Crippen LogP contribution is 2.58. The lowest BCUT2D eigenvalue weighted by Gasteiger charge is -2.39. The number of hydrogen-bond acceptors (Lipinski definition) is 7. The number of ether oxygens (including phenoxy) is 1. The summed E-state index contributed by atoms with van der Waals surface area (Å²) in [5.41, 5.74) is 23.7. The molecule has 6 heterocycles. The predicted octanol–water partition coefficient (Wildman–Crippen LogP) is 37.6. The third-order valence-corrected chi connectivity index (χ3v) is 36.9. The summed E-state index contributed by atoms with van der Waals surface area (Å²) in [6, 6.07) is 148. The van der Waals surface area contributed by atoms with Gasteiger partial charge < -0.3 is 24.1 Å². The molecule has 0 amide bonds. The first kappa shape index (κ1) is 84.3. The number of thiophene rings is 4. The van der Waals surface area contributed by atoms with Crippen LogP contribution in [0.2, 0.25) is 0 Å². The number of rotatable bonds is 14. The number of anilines is 6. The minimum absolute atomic E-state index is 0.122. The lowest BCUT2D eigenvalue weighted by Crippen LogP contribution is -2.27. The fourth-order valence-electron chi connectivity index (χ4n) is 21.0. The van der Waals surface area contributed by atoms with Crippen LogP contribution in [0, 0.1) is 10.5 Å². The second-order valence-electron chi connectivity index (χ2n) is 35.1. The number of aryl methyl sites for hydroxylation is 1. The molecule has 24 aromatic rings. The van der Waals surface area contributed by atoms with Crippen LogP contribution in [0.5, 0.6) is 5.75 Å². The Kier molecular flexibility index (Phi) is 23.6. The van der Waals surface area contributed by atoms with E-state index in [2.05, 4.69) is 455 Å². The summed E-state index contributed by atoms with van der Waals surface area (Å²) in [7, 11) is 1.69. The van der Waals surface area contributed by atoms with Gasteiger partial charge in [-0.25, -0.2) is 0 Å². The van der Waals surface area contributed by atoms with E-state index in [0.717, 1.165) is 39.8 Å². The van der Waals surface area contributed by atoms with Crippen LogP contribution >= 0.6 is 75.9 Å². The number of halogens is 1. The molecule has 0 spiro atoms. The largest absolute Gasteiger partial charge is 0.496 e. The van der Waals surface area contributed by atoms with Crippen LogP contribution in [0.25, 0.3) is 163 Å². The molecular weight excluding hydrogens is 1820 g/mol. The smallest absolute Gasteiger partial charge is 0.126 e. The fourth-order valence-corrected chi connectivity index (χ4v) is 30.5. The Hall–Kier alpha value is -13.0. The fraction of sp³-hybridized carbons (Fsp3) is 0.115. The van der Waals surface area contributed by atoms with E-state index in [-0.39, 0.29) is 7.92 Å². The number of fused-ring (bicyclic) bond motifs is 18. The van der Waals surface area contributed by atoms with Crippen LogP contribution in [-0.4, -0.2) is 28.0 Å². The number of nitrogens with zero attached hydrogens (tertiary/aromatic N) is 3. The highest BCUT2D eigenvalue weighted by Gasteiger charge is 2.35. The second kappa shape index (κ2) is 37.2. The van der Waals surface area contributed by atoms with E-state index in [9.17, 15) is 0 Å². The zero-order chi connectivity index (χ0) is 88.8. The number of aromatic nitrogens is 2. The molecule has 133 heavy (non-hydrogen) atoms. The molecule has 0 atom stereocenters. The van der Waals surface area contributed by atoms with Crippen LogP contribution in [0.15, 0.2) is 406 Å². The molecule has 5 nitrogen and oxygen atoms in total. The summed E-state index contributed by atoms with van der Waals surface area (Å²) in [5.74, 6) is 1.02. The van der Waals surface area contributed by atoms with Crippen molar-refractivity contribution in [2.24, 2.45) is 0 Å². The van der Waals surface area contributed by atoms with E-state index in [1.807, 2.05) is 52.5 Å². The van der Waals surface area contributed by atoms with Gasteiger partial charge in [0.05, 0.1) is 49.3 Å². The maximum Gasteiger partial charge on any atom is 0.126 e. The molecule has 0 saturated heterocycles. The second-order valence-corrected chi connectivity index (χ2v) is 43.2. The molecular formula is C122H96IN4OPS4. The van der Waals surface area contributed by atoms with Crippen molar-refractivity contribution < 1.29 is 4.74 Å². The molecule has 6 aromatic heterocycles. The lowest BCUT2D eigenvalue weighted by atomic mass is 9.99. The normalized spacial score (nSPS) is 13.2. The van der Waals surface area contributed by atoms with Gasteiger partial charge in [0.15, 0.2) is 0 Å². The summed E-state index contributed by atoms with van der Waals surface area (Å²) in [6.07, 6.45) is 14.4. The molecule has 2 aliphatic carbocycles. The Balaban J connectivity index is 0.000000109. The molecule has 11 heteroatoms. The van der Waals surface area contributed by atoms with E-state index in [0.29, 0.717) is 0 Å². The molecule has 2 aliphatic rings. The lowest BCUT2D eigenvalue weighted by molar-refractivity contribution is 0.416. The number of benzene rings is 18. The standard InChI is InChI=1S/C48H30N2S2.C36H24N2S.C26H35OP.C12H7IS/c1-2-12-33(13-3-1)49(43-20-10-17-38-36-15-5-8-22-45(36)51-47(38)43)34-27-24-31(25-28-34)32-26-29-42-40(30-32)35-14-4-7-19-41(35)50(42)44-21-11-18-39-37-16-6-9-23-46(37)52-48(39)44;1-2-9-26(10-3-1)38(34-15-8-13-30-29-12-5-7-16-35(29)39-36(30)34)27-20-17-24(18-21-27)25-19-22-33-31(23-25)28-11-4-6-14-32(28)37-33;1-20-12-11-18-24(27-2)26(20)23-17-9-10-19-25(23)28(21-13-5-3-6-14-21)22-15-7-4-8-16-22;13-10-6-3-5-9-8-4-1-2-7-11(8)14-12(9)10/h1-30H;1-23,37H;9-12,17-19,21-22H,3-8,13-16H2,1-2H3;1-7H. The highest BCUT2D eigenvalue weighted by molar-refractivity contribution is 14.1. The van der Waals surface area contributed by atoms with E-state index >= 15 is 0 Å². The monoisotopic (exact) mass is 1920 g/mol. The Labute approximate surface area is 806 Å². The Morgan fingerprint density at radius 3 is 1.27 bits per heavy atom. The molecule has 2 fully saturated rings. The van der Waals surface area contributed by atoms with Gasteiger partial charge in [0.1, 0.15) is 5.75 Å². The molecule has 0 aliphatic heterocycles. The van der Waals surface area contributed by atoms with Crippen molar-refractivity contribution in [2.75, 3.05) is 16.9 Å². The number of aromatic amines is 1. The van der Waals surface area contributed by atoms with Crippen molar-refractivity contribution in [2.45, 2.75) is 82.4 Å². The zero-order valence-electron chi connectivity index (χ0n) is 74.1. The Morgan fingerprint density at radius 1 is 0.316 bits per heavy atom. The van der Waals surface area contributed by atoms with Crippen LogP contribution in [0.1, 0.15) is 69.8 Å². The average Bonchev–Trinajstić information content (AvgIpc) is 1.56. The van der Waals surface area contributed by atoms with Crippen LogP contribution < -0.4 is 19.8 Å². The number of methoxy groups -OCH3 is 1. The van der Waals surface area contributed by atoms with Crippen molar-refractivity contribution >= 4 is 240 Å². The maximum absolute atomic E-state index is 5.81.